The Morgan fingerprint density at radius 2 is 2.06 bits per heavy atom. The van der Waals surface area contributed by atoms with Crippen LogP contribution in [0.2, 0.25) is 0 Å². The molecule has 180 valence electrons. The molecule has 3 aromatic rings. The summed E-state index contributed by atoms with van der Waals surface area (Å²) in [7, 11) is 1.19. The number of rotatable bonds is 8. The van der Waals surface area contributed by atoms with Crippen molar-refractivity contribution in [3.05, 3.63) is 51.2 Å². The van der Waals surface area contributed by atoms with Crippen LogP contribution in [0.4, 0.5) is 14.5 Å². The number of nitro benzene ring substituents is 1. The summed E-state index contributed by atoms with van der Waals surface area (Å²) in [6.07, 6.45) is 0. The summed E-state index contributed by atoms with van der Waals surface area (Å²) in [5, 5.41) is 17.4. The SMILES string of the molecule is COc1cc(C(=O)N2CCN(Cc3nc(-c4cccs4)no3)CC2)c([N+](=O)[O-])cc1OC(F)F. The maximum atomic E-state index is 13.0. The summed E-state index contributed by atoms with van der Waals surface area (Å²) in [5.74, 6) is -0.374. The number of carbonyl (C=O) groups is 1. The lowest BCUT2D eigenvalue weighted by Crippen LogP contribution is -2.48. The number of piperazine rings is 1. The Hall–Kier alpha value is -3.65. The average molecular weight is 495 g/mol. The number of amides is 1. The molecule has 1 aliphatic heterocycles. The van der Waals surface area contributed by atoms with E-state index in [-0.39, 0.29) is 11.3 Å². The molecule has 1 saturated heterocycles. The van der Waals surface area contributed by atoms with Gasteiger partial charge in [-0.25, -0.2) is 0 Å². The van der Waals surface area contributed by atoms with Crippen LogP contribution in [-0.2, 0) is 6.54 Å². The number of carbonyl (C=O) groups excluding carboxylic acids is 1. The molecule has 0 N–H and O–H groups in total. The van der Waals surface area contributed by atoms with Gasteiger partial charge in [0.15, 0.2) is 11.5 Å². The summed E-state index contributed by atoms with van der Waals surface area (Å²) in [6, 6.07) is 5.61. The molecular weight excluding hydrogens is 476 g/mol. The summed E-state index contributed by atoms with van der Waals surface area (Å²) in [4.78, 5) is 32.5. The zero-order valence-corrected chi connectivity index (χ0v) is 18.7. The number of nitrogens with zero attached hydrogens (tertiary/aromatic N) is 5. The van der Waals surface area contributed by atoms with Crippen LogP contribution in [0.3, 0.4) is 0 Å². The van der Waals surface area contributed by atoms with E-state index < -0.39 is 28.9 Å². The van der Waals surface area contributed by atoms with Gasteiger partial charge < -0.3 is 18.9 Å². The highest BCUT2D eigenvalue weighted by Crippen LogP contribution is 2.36. The van der Waals surface area contributed by atoms with Crippen molar-refractivity contribution < 1.29 is 32.5 Å². The van der Waals surface area contributed by atoms with Crippen molar-refractivity contribution in [3.8, 4) is 22.2 Å². The molecule has 0 saturated carbocycles. The monoisotopic (exact) mass is 495 g/mol. The molecule has 1 aliphatic rings. The Labute approximate surface area is 195 Å². The van der Waals surface area contributed by atoms with Gasteiger partial charge in [0.1, 0.15) is 5.56 Å². The number of nitro groups is 1. The topological polar surface area (TPSA) is 124 Å². The van der Waals surface area contributed by atoms with Crippen LogP contribution in [0.25, 0.3) is 10.7 Å². The van der Waals surface area contributed by atoms with Gasteiger partial charge in [-0.3, -0.25) is 19.8 Å². The second kappa shape index (κ2) is 10.1. The van der Waals surface area contributed by atoms with Crippen LogP contribution in [0.15, 0.2) is 34.2 Å². The van der Waals surface area contributed by atoms with Gasteiger partial charge in [0, 0.05) is 32.2 Å². The van der Waals surface area contributed by atoms with Crippen molar-refractivity contribution in [2.75, 3.05) is 33.3 Å². The Balaban J connectivity index is 1.43. The summed E-state index contributed by atoms with van der Waals surface area (Å²) < 4.78 is 39.9. The fourth-order valence-corrected chi connectivity index (χ4v) is 4.16. The predicted octanol–water partition coefficient (Wildman–Crippen LogP) is 3.27. The van der Waals surface area contributed by atoms with Crippen molar-refractivity contribution >= 4 is 22.9 Å². The molecule has 11 nitrogen and oxygen atoms in total. The highest BCUT2D eigenvalue weighted by Gasteiger charge is 2.31. The first kappa shape index (κ1) is 23.5. The van der Waals surface area contributed by atoms with Crippen molar-refractivity contribution in [1.82, 2.24) is 19.9 Å². The second-order valence-electron chi connectivity index (χ2n) is 7.21. The molecule has 0 atom stereocenters. The number of aromatic nitrogens is 2. The zero-order chi connectivity index (χ0) is 24.2. The minimum absolute atomic E-state index is 0.203. The third-order valence-electron chi connectivity index (χ3n) is 5.15. The minimum atomic E-state index is -3.21. The van der Waals surface area contributed by atoms with Gasteiger partial charge in [-0.15, -0.1) is 11.3 Å². The summed E-state index contributed by atoms with van der Waals surface area (Å²) in [5.41, 5.74) is -0.912. The standard InChI is InChI=1S/C20H19F2N5O6S/c1-31-14-9-12(13(27(29)30)10-15(14)32-20(21)22)19(28)26-6-4-25(5-7-26)11-17-23-18(24-33-17)16-3-2-8-34-16/h2-3,8-10,20H,4-7,11H2,1H3. The van der Waals surface area contributed by atoms with Gasteiger partial charge in [0.05, 0.1) is 29.5 Å². The molecule has 0 bridgehead atoms. The van der Waals surface area contributed by atoms with Crippen LogP contribution in [-0.4, -0.2) is 70.7 Å². The van der Waals surface area contributed by atoms with Gasteiger partial charge in [-0.2, -0.15) is 13.8 Å². The van der Waals surface area contributed by atoms with E-state index in [0.29, 0.717) is 44.4 Å². The number of methoxy groups -OCH3 is 1. The van der Waals surface area contributed by atoms with Gasteiger partial charge in [0.25, 0.3) is 11.6 Å². The van der Waals surface area contributed by atoms with E-state index in [4.69, 9.17) is 9.26 Å². The van der Waals surface area contributed by atoms with Crippen molar-refractivity contribution in [2.24, 2.45) is 0 Å². The average Bonchev–Trinajstić information content (AvgIpc) is 3.50. The van der Waals surface area contributed by atoms with Crippen LogP contribution in [0, 0.1) is 10.1 Å². The summed E-state index contributed by atoms with van der Waals surface area (Å²) in [6.45, 7) is -1.28. The first-order valence-corrected chi connectivity index (χ1v) is 10.9. The minimum Gasteiger partial charge on any atom is -0.493 e. The second-order valence-corrected chi connectivity index (χ2v) is 8.16. The maximum absolute atomic E-state index is 13.0. The van der Waals surface area contributed by atoms with Gasteiger partial charge in [-0.1, -0.05) is 11.2 Å². The van der Waals surface area contributed by atoms with E-state index in [1.165, 1.54) is 23.3 Å². The fourth-order valence-electron chi connectivity index (χ4n) is 3.51. The lowest BCUT2D eigenvalue weighted by molar-refractivity contribution is -0.385. The molecule has 34 heavy (non-hydrogen) atoms. The van der Waals surface area contributed by atoms with E-state index in [1.807, 2.05) is 22.4 Å². The molecule has 1 aromatic carbocycles. The predicted molar refractivity (Wildman–Crippen MR) is 115 cm³/mol. The van der Waals surface area contributed by atoms with Crippen LogP contribution < -0.4 is 9.47 Å². The number of benzene rings is 1. The van der Waals surface area contributed by atoms with E-state index >= 15 is 0 Å². The normalized spacial score (nSPS) is 14.4. The molecule has 2 aromatic heterocycles. The quantitative estimate of drug-likeness (QED) is 0.342. The molecule has 0 unspecified atom stereocenters. The molecule has 1 fully saturated rings. The lowest BCUT2D eigenvalue weighted by Gasteiger charge is -2.33. The van der Waals surface area contributed by atoms with Crippen LogP contribution in [0.1, 0.15) is 16.2 Å². The Kier molecular flexibility index (Phi) is 6.98. The number of alkyl halides is 2. The van der Waals surface area contributed by atoms with E-state index in [0.717, 1.165) is 17.0 Å². The molecule has 3 heterocycles. The van der Waals surface area contributed by atoms with Crippen molar-refractivity contribution in [2.45, 2.75) is 13.2 Å². The highest BCUT2D eigenvalue weighted by atomic mass is 32.1. The maximum Gasteiger partial charge on any atom is 0.387 e. The molecule has 0 spiro atoms. The first-order valence-electron chi connectivity index (χ1n) is 10.0. The molecule has 14 heteroatoms. The third kappa shape index (κ3) is 5.12. The van der Waals surface area contributed by atoms with Gasteiger partial charge in [0.2, 0.25) is 11.7 Å². The van der Waals surface area contributed by atoms with Gasteiger partial charge >= 0.3 is 6.61 Å². The first-order chi connectivity index (χ1) is 16.4. The van der Waals surface area contributed by atoms with E-state index in [9.17, 15) is 23.7 Å². The molecule has 1 amide bonds. The number of hydrogen-bond acceptors (Lipinski definition) is 10. The smallest absolute Gasteiger partial charge is 0.387 e. The largest absolute Gasteiger partial charge is 0.493 e. The van der Waals surface area contributed by atoms with Crippen LogP contribution in [0.5, 0.6) is 11.5 Å². The van der Waals surface area contributed by atoms with Gasteiger partial charge in [-0.05, 0) is 11.4 Å². The third-order valence-corrected chi connectivity index (χ3v) is 6.02. The molecule has 4 rings (SSSR count). The number of thiophene rings is 1. The molecular formula is C20H19F2N5O6S. The lowest BCUT2D eigenvalue weighted by atomic mass is 10.1. The highest BCUT2D eigenvalue weighted by molar-refractivity contribution is 7.13. The van der Waals surface area contributed by atoms with Crippen LogP contribution >= 0.6 is 11.3 Å². The number of hydrogen-bond donors (Lipinski definition) is 0. The van der Waals surface area contributed by atoms with E-state index in [1.54, 1.807) is 0 Å². The Morgan fingerprint density at radius 3 is 2.68 bits per heavy atom. The van der Waals surface area contributed by atoms with Crippen molar-refractivity contribution in [3.63, 3.8) is 0 Å². The molecule has 0 radical (unpaired) electrons. The Bertz CT molecular complexity index is 1160. The van der Waals surface area contributed by atoms with E-state index in [2.05, 4.69) is 14.9 Å². The number of halogens is 2. The summed E-state index contributed by atoms with van der Waals surface area (Å²) >= 11 is 1.50. The fraction of sp³-hybridized carbons (Fsp3) is 0.350. The van der Waals surface area contributed by atoms with Crippen molar-refractivity contribution in [1.29, 1.82) is 0 Å². The number of ether oxygens (including phenoxy) is 2. The molecule has 0 aliphatic carbocycles. The Morgan fingerprint density at radius 1 is 1.29 bits per heavy atom. The zero-order valence-electron chi connectivity index (χ0n) is 17.8.